The van der Waals surface area contributed by atoms with E-state index in [1.165, 1.54) is 11.2 Å². The molecule has 0 saturated carbocycles. The zero-order valence-electron chi connectivity index (χ0n) is 11.5. The Balaban J connectivity index is 2.75. The van der Waals surface area contributed by atoms with Gasteiger partial charge in [0.1, 0.15) is 18.7 Å². The first-order valence-corrected chi connectivity index (χ1v) is 5.87. The van der Waals surface area contributed by atoms with E-state index in [1.807, 2.05) is 0 Å². The Morgan fingerprint density at radius 1 is 1.53 bits per heavy atom. The van der Waals surface area contributed by atoms with Crippen molar-refractivity contribution in [2.45, 2.75) is 39.3 Å². The second kappa shape index (κ2) is 5.68. The zero-order valence-corrected chi connectivity index (χ0v) is 11.5. The van der Waals surface area contributed by atoms with E-state index in [0.717, 1.165) is 0 Å². The van der Waals surface area contributed by atoms with Crippen molar-refractivity contribution in [3.63, 3.8) is 0 Å². The molecule has 3 N–H and O–H groups in total. The fourth-order valence-electron chi connectivity index (χ4n) is 1.50. The van der Waals surface area contributed by atoms with E-state index >= 15 is 0 Å². The number of carbonyl (C=O) groups excluding carboxylic acids is 1. The van der Waals surface area contributed by atoms with E-state index in [1.54, 1.807) is 27.7 Å². The molecule has 1 aromatic heterocycles. The summed E-state index contributed by atoms with van der Waals surface area (Å²) in [4.78, 5) is 28.1. The molecule has 2 amide bonds. The molecular weight excluding hydrogens is 250 g/mol. The summed E-state index contributed by atoms with van der Waals surface area (Å²) in [7, 11) is 0. The van der Waals surface area contributed by atoms with Crippen molar-refractivity contribution in [2.75, 3.05) is 6.54 Å². The number of aliphatic carboxylic acids is 1. The first kappa shape index (κ1) is 14.9. The van der Waals surface area contributed by atoms with Gasteiger partial charge in [0.05, 0.1) is 6.04 Å². The highest BCUT2D eigenvalue weighted by molar-refractivity contribution is 5.81. The summed E-state index contributed by atoms with van der Waals surface area (Å²) in [6.07, 6.45) is 1.34. The van der Waals surface area contributed by atoms with Gasteiger partial charge in [0.2, 0.25) is 0 Å². The van der Waals surface area contributed by atoms with Gasteiger partial charge in [-0.2, -0.15) is 5.10 Å². The number of aromatic nitrogens is 3. The molecule has 0 saturated heterocycles. The molecule has 0 aromatic carbocycles. The lowest BCUT2D eigenvalue weighted by Crippen LogP contribution is -2.52. The number of H-pyrrole nitrogens is 1. The molecule has 1 unspecified atom stereocenters. The lowest BCUT2D eigenvalue weighted by Gasteiger charge is -2.35. The third-order valence-electron chi connectivity index (χ3n) is 2.53. The van der Waals surface area contributed by atoms with Crippen LogP contribution in [-0.2, 0) is 4.79 Å². The van der Waals surface area contributed by atoms with Crippen LogP contribution in [0.15, 0.2) is 6.33 Å². The standard InChI is InChI=1S/C11H19N5O3/c1-7(9-12-6-13-15-9)14-10(19)16(5-8(17)18)11(2,3)4/h6-7H,5H2,1-4H3,(H,14,19)(H,17,18)(H,12,13,15). The number of aromatic amines is 1. The molecule has 8 heteroatoms. The molecule has 0 radical (unpaired) electrons. The van der Waals surface area contributed by atoms with E-state index in [0.29, 0.717) is 5.82 Å². The third-order valence-corrected chi connectivity index (χ3v) is 2.53. The molecule has 8 nitrogen and oxygen atoms in total. The monoisotopic (exact) mass is 269 g/mol. The summed E-state index contributed by atoms with van der Waals surface area (Å²) in [6, 6.07) is -0.840. The van der Waals surface area contributed by atoms with E-state index in [2.05, 4.69) is 20.5 Å². The number of urea groups is 1. The minimum Gasteiger partial charge on any atom is -0.480 e. The van der Waals surface area contributed by atoms with E-state index in [-0.39, 0.29) is 12.6 Å². The Labute approximate surface area is 111 Å². The Kier molecular flexibility index (Phi) is 4.47. The zero-order chi connectivity index (χ0) is 14.6. The predicted octanol–water partition coefficient (Wildman–Crippen LogP) is 0.760. The van der Waals surface area contributed by atoms with Crippen molar-refractivity contribution in [1.82, 2.24) is 25.4 Å². The van der Waals surface area contributed by atoms with Gasteiger partial charge in [-0.05, 0) is 27.7 Å². The molecule has 0 fully saturated rings. The number of carbonyl (C=O) groups is 2. The molecule has 0 aliphatic rings. The minimum absolute atomic E-state index is 0.363. The molecule has 0 spiro atoms. The molecule has 0 aliphatic heterocycles. The molecule has 1 heterocycles. The van der Waals surface area contributed by atoms with Crippen molar-refractivity contribution < 1.29 is 14.7 Å². The van der Waals surface area contributed by atoms with E-state index in [9.17, 15) is 9.59 Å². The average Bonchev–Trinajstić information content (AvgIpc) is 2.77. The smallest absolute Gasteiger partial charge is 0.323 e. The molecule has 0 bridgehead atoms. The number of rotatable bonds is 4. The number of carboxylic acid groups (broad SMARTS) is 1. The quantitative estimate of drug-likeness (QED) is 0.747. The van der Waals surface area contributed by atoms with Crippen LogP contribution in [0.2, 0.25) is 0 Å². The summed E-state index contributed by atoms with van der Waals surface area (Å²) < 4.78 is 0. The van der Waals surface area contributed by atoms with Gasteiger partial charge in [-0.25, -0.2) is 9.78 Å². The minimum atomic E-state index is -1.06. The van der Waals surface area contributed by atoms with Gasteiger partial charge in [-0.3, -0.25) is 9.89 Å². The van der Waals surface area contributed by atoms with Crippen LogP contribution in [0.3, 0.4) is 0 Å². The molecule has 19 heavy (non-hydrogen) atoms. The first-order chi connectivity index (χ1) is 8.71. The van der Waals surface area contributed by atoms with Gasteiger partial charge in [0.25, 0.3) is 0 Å². The van der Waals surface area contributed by atoms with Crippen LogP contribution in [0.1, 0.15) is 39.6 Å². The maximum atomic E-state index is 12.1. The van der Waals surface area contributed by atoms with Crippen LogP contribution in [0.5, 0.6) is 0 Å². The summed E-state index contributed by atoms with van der Waals surface area (Å²) >= 11 is 0. The molecule has 1 atom stereocenters. The van der Waals surface area contributed by atoms with Crippen molar-refractivity contribution in [1.29, 1.82) is 0 Å². The van der Waals surface area contributed by atoms with Gasteiger partial charge in [-0.1, -0.05) is 0 Å². The number of amides is 2. The Hall–Kier alpha value is -2.12. The summed E-state index contributed by atoms with van der Waals surface area (Å²) in [5.74, 6) is -0.546. The maximum Gasteiger partial charge on any atom is 0.323 e. The first-order valence-electron chi connectivity index (χ1n) is 5.87. The molecular formula is C11H19N5O3. The fourth-order valence-corrected chi connectivity index (χ4v) is 1.50. The van der Waals surface area contributed by atoms with Crippen LogP contribution in [0.25, 0.3) is 0 Å². The predicted molar refractivity (Wildman–Crippen MR) is 67.4 cm³/mol. The number of nitrogens with zero attached hydrogens (tertiary/aromatic N) is 3. The largest absolute Gasteiger partial charge is 0.480 e. The Morgan fingerprint density at radius 3 is 2.58 bits per heavy atom. The SMILES string of the molecule is CC(NC(=O)N(CC(=O)O)C(C)(C)C)c1ncn[nH]1. The number of hydrogen-bond donors (Lipinski definition) is 3. The van der Waals surface area contributed by atoms with Gasteiger partial charge < -0.3 is 15.3 Å². The van der Waals surface area contributed by atoms with Crippen LogP contribution in [-0.4, -0.2) is 49.3 Å². The van der Waals surface area contributed by atoms with Gasteiger partial charge in [0.15, 0.2) is 0 Å². The highest BCUT2D eigenvalue weighted by Gasteiger charge is 2.29. The van der Waals surface area contributed by atoms with Gasteiger partial charge in [-0.15, -0.1) is 0 Å². The van der Waals surface area contributed by atoms with Crippen LogP contribution in [0, 0.1) is 0 Å². The topological polar surface area (TPSA) is 111 Å². The highest BCUT2D eigenvalue weighted by atomic mass is 16.4. The Bertz CT molecular complexity index is 438. The van der Waals surface area contributed by atoms with Crippen LogP contribution in [0.4, 0.5) is 4.79 Å². The average molecular weight is 269 g/mol. The van der Waals surface area contributed by atoms with Crippen molar-refractivity contribution in [3.8, 4) is 0 Å². The van der Waals surface area contributed by atoms with Crippen LogP contribution >= 0.6 is 0 Å². The van der Waals surface area contributed by atoms with Gasteiger partial charge >= 0.3 is 12.0 Å². The Morgan fingerprint density at radius 2 is 2.16 bits per heavy atom. The summed E-state index contributed by atoms with van der Waals surface area (Å²) in [5, 5.41) is 17.9. The van der Waals surface area contributed by atoms with Crippen molar-refractivity contribution in [2.24, 2.45) is 0 Å². The highest BCUT2D eigenvalue weighted by Crippen LogP contribution is 2.14. The van der Waals surface area contributed by atoms with Crippen molar-refractivity contribution in [3.05, 3.63) is 12.2 Å². The molecule has 0 aliphatic carbocycles. The van der Waals surface area contributed by atoms with E-state index < -0.39 is 17.5 Å². The second-order valence-corrected chi connectivity index (χ2v) is 5.19. The molecule has 1 aromatic rings. The second-order valence-electron chi connectivity index (χ2n) is 5.19. The summed E-state index contributed by atoms with van der Waals surface area (Å²) in [5.41, 5.74) is -0.594. The van der Waals surface area contributed by atoms with Gasteiger partial charge in [0, 0.05) is 5.54 Å². The lowest BCUT2D eigenvalue weighted by molar-refractivity contribution is -0.138. The number of hydrogen-bond acceptors (Lipinski definition) is 4. The van der Waals surface area contributed by atoms with Crippen molar-refractivity contribution >= 4 is 12.0 Å². The lowest BCUT2D eigenvalue weighted by atomic mass is 10.1. The maximum absolute atomic E-state index is 12.1. The van der Waals surface area contributed by atoms with E-state index in [4.69, 9.17) is 5.11 Å². The number of carboxylic acids is 1. The molecule has 106 valence electrons. The number of nitrogens with one attached hydrogen (secondary N) is 2. The molecule has 1 rings (SSSR count). The third kappa shape index (κ3) is 4.23. The fraction of sp³-hybridized carbons (Fsp3) is 0.636. The van der Waals surface area contributed by atoms with Crippen LogP contribution < -0.4 is 5.32 Å². The summed E-state index contributed by atoms with van der Waals surface area (Å²) in [6.45, 7) is 6.69. The normalized spacial score (nSPS) is 12.8.